The lowest BCUT2D eigenvalue weighted by atomic mass is 10.1. The van der Waals surface area contributed by atoms with Crippen LogP contribution in [-0.4, -0.2) is 21.7 Å². The number of carbonyl (C=O) groups is 1. The molecule has 1 aromatic heterocycles. The number of hydrogen-bond acceptors (Lipinski definition) is 2. The summed E-state index contributed by atoms with van der Waals surface area (Å²) < 4.78 is 2.16. The van der Waals surface area contributed by atoms with Crippen LogP contribution in [0.25, 0.3) is 10.9 Å². The summed E-state index contributed by atoms with van der Waals surface area (Å²) in [6.07, 6.45) is 2.36. The molecule has 3 rings (SSSR count). The van der Waals surface area contributed by atoms with E-state index in [1.54, 1.807) is 0 Å². The number of aromatic nitrogens is 1. The van der Waals surface area contributed by atoms with E-state index in [2.05, 4.69) is 46.7 Å². The van der Waals surface area contributed by atoms with Gasteiger partial charge in [-0.2, -0.15) is 0 Å². The number of nitrogens with one attached hydrogen (secondary N) is 1. The van der Waals surface area contributed by atoms with Gasteiger partial charge in [-0.05, 0) is 35.9 Å². The molecular weight excluding hydrogens is 324 g/mol. The van der Waals surface area contributed by atoms with Crippen LogP contribution in [0.15, 0.2) is 54.7 Å². The lowest BCUT2D eigenvalue weighted by molar-refractivity contribution is -0.138. The van der Waals surface area contributed by atoms with Gasteiger partial charge >= 0.3 is 5.97 Å². The Bertz CT molecular complexity index is 873. The maximum Gasteiger partial charge on any atom is 0.322 e. The fourth-order valence-corrected chi connectivity index (χ4v) is 3.19. The van der Waals surface area contributed by atoms with Gasteiger partial charge in [-0.25, -0.2) is 4.84 Å². The Balaban J connectivity index is 1.98. The highest BCUT2D eigenvalue weighted by molar-refractivity contribution is 6.14. The molecule has 0 aliphatic rings. The molecule has 0 aliphatic carbocycles. The fourth-order valence-electron chi connectivity index (χ4n) is 3.02. The van der Waals surface area contributed by atoms with Crippen LogP contribution in [0.4, 0.5) is 0 Å². The van der Waals surface area contributed by atoms with Crippen molar-refractivity contribution in [2.24, 2.45) is 0 Å². The van der Waals surface area contributed by atoms with E-state index in [1.165, 1.54) is 11.1 Å². The minimum Gasteiger partial charge on any atom is -0.480 e. The highest BCUT2D eigenvalue weighted by Gasteiger charge is 2.19. The Kier molecular flexibility index (Phi) is 4.88. The van der Waals surface area contributed by atoms with Gasteiger partial charge in [0.2, 0.25) is 0 Å². The van der Waals surface area contributed by atoms with Crippen LogP contribution in [0.1, 0.15) is 16.7 Å². The van der Waals surface area contributed by atoms with E-state index >= 15 is 0 Å². The molecule has 0 bridgehead atoms. The van der Waals surface area contributed by atoms with E-state index in [0.29, 0.717) is 6.42 Å². The zero-order valence-electron chi connectivity index (χ0n) is 13.4. The molecule has 0 spiro atoms. The van der Waals surface area contributed by atoms with Crippen LogP contribution in [0, 0.1) is 6.92 Å². The molecule has 0 fully saturated rings. The third-order valence-electron chi connectivity index (χ3n) is 4.16. The van der Waals surface area contributed by atoms with Gasteiger partial charge in [0.05, 0.1) is 0 Å². The third kappa shape index (κ3) is 3.45. The first kappa shape index (κ1) is 16.6. The van der Waals surface area contributed by atoms with Crippen molar-refractivity contribution in [3.05, 3.63) is 71.4 Å². The smallest absolute Gasteiger partial charge is 0.322 e. The summed E-state index contributed by atoms with van der Waals surface area (Å²) in [6, 6.07) is 15.6. The number of para-hydroxylation sites is 1. The second kappa shape index (κ2) is 7.07. The van der Waals surface area contributed by atoms with Gasteiger partial charge < -0.3 is 9.67 Å². The molecule has 4 nitrogen and oxygen atoms in total. The van der Waals surface area contributed by atoms with Crippen molar-refractivity contribution in [1.29, 1.82) is 0 Å². The average molecular weight is 343 g/mol. The summed E-state index contributed by atoms with van der Waals surface area (Å²) in [5.41, 5.74) is 4.50. The van der Waals surface area contributed by atoms with E-state index < -0.39 is 12.0 Å². The van der Waals surface area contributed by atoms with Gasteiger partial charge in [-0.3, -0.25) is 4.79 Å². The number of benzene rings is 2. The summed E-state index contributed by atoms with van der Waals surface area (Å²) >= 11 is 5.58. The van der Waals surface area contributed by atoms with Gasteiger partial charge in [0, 0.05) is 30.1 Å². The SMILES string of the molecule is Cc1cccc(Cn2cc(CC(NCl)C(=O)O)c3ccccc32)c1. The predicted octanol–water partition coefficient (Wildman–Crippen LogP) is 3.74. The summed E-state index contributed by atoms with van der Waals surface area (Å²) in [5, 5.41) is 10.3. The van der Waals surface area contributed by atoms with Crippen LogP contribution in [0.5, 0.6) is 0 Å². The second-order valence-electron chi connectivity index (χ2n) is 5.99. The predicted molar refractivity (Wildman–Crippen MR) is 96.3 cm³/mol. The van der Waals surface area contributed by atoms with E-state index in [9.17, 15) is 9.90 Å². The normalized spacial score (nSPS) is 12.4. The minimum atomic E-state index is -0.958. The number of carboxylic acids is 1. The first-order chi connectivity index (χ1) is 11.6. The maximum atomic E-state index is 11.3. The minimum absolute atomic E-state index is 0.333. The Labute approximate surface area is 145 Å². The molecule has 0 saturated carbocycles. The summed E-state index contributed by atoms with van der Waals surface area (Å²) in [7, 11) is 0. The van der Waals surface area contributed by atoms with E-state index in [1.807, 2.05) is 24.4 Å². The van der Waals surface area contributed by atoms with Crippen molar-refractivity contribution in [1.82, 2.24) is 9.40 Å². The lowest BCUT2D eigenvalue weighted by Gasteiger charge is -2.08. The zero-order valence-corrected chi connectivity index (χ0v) is 14.1. The van der Waals surface area contributed by atoms with Crippen LogP contribution < -0.4 is 4.84 Å². The summed E-state index contributed by atoms with van der Waals surface area (Å²) in [6.45, 7) is 2.82. The molecule has 3 aromatic rings. The van der Waals surface area contributed by atoms with Crippen molar-refractivity contribution < 1.29 is 9.90 Å². The molecule has 0 radical (unpaired) electrons. The van der Waals surface area contributed by atoms with Gasteiger partial charge in [0.1, 0.15) is 6.04 Å². The van der Waals surface area contributed by atoms with E-state index in [0.717, 1.165) is 23.0 Å². The molecule has 24 heavy (non-hydrogen) atoms. The number of nitrogens with zero attached hydrogens (tertiary/aromatic N) is 1. The summed E-state index contributed by atoms with van der Waals surface area (Å²) in [4.78, 5) is 13.6. The van der Waals surface area contributed by atoms with E-state index in [4.69, 9.17) is 11.8 Å². The lowest BCUT2D eigenvalue weighted by Crippen LogP contribution is -2.32. The molecule has 0 aliphatic heterocycles. The molecule has 2 aromatic carbocycles. The number of carboxylic acid groups (broad SMARTS) is 1. The first-order valence-corrected chi connectivity index (χ1v) is 8.17. The quantitative estimate of drug-likeness (QED) is 0.671. The van der Waals surface area contributed by atoms with Crippen molar-refractivity contribution >= 4 is 28.6 Å². The molecule has 0 saturated heterocycles. The molecule has 5 heteroatoms. The fraction of sp³-hybridized carbons (Fsp3) is 0.211. The largest absolute Gasteiger partial charge is 0.480 e. The molecular formula is C19H19ClN2O2. The van der Waals surface area contributed by atoms with Crippen LogP contribution in [0.2, 0.25) is 0 Å². The Morgan fingerprint density at radius 1 is 1.25 bits per heavy atom. The number of hydrogen-bond donors (Lipinski definition) is 2. The number of halogens is 1. The van der Waals surface area contributed by atoms with Gasteiger partial charge in [0.15, 0.2) is 0 Å². The third-order valence-corrected chi connectivity index (χ3v) is 4.42. The number of aliphatic carboxylic acids is 1. The monoisotopic (exact) mass is 342 g/mol. The highest BCUT2D eigenvalue weighted by atomic mass is 35.5. The maximum absolute atomic E-state index is 11.3. The Morgan fingerprint density at radius 2 is 2.04 bits per heavy atom. The molecule has 1 atom stereocenters. The van der Waals surface area contributed by atoms with Crippen molar-refractivity contribution in [3.63, 3.8) is 0 Å². The van der Waals surface area contributed by atoms with Gasteiger partial charge in [-0.15, -0.1) is 0 Å². The van der Waals surface area contributed by atoms with Crippen LogP contribution in [-0.2, 0) is 17.8 Å². The number of fused-ring (bicyclic) bond motifs is 1. The standard InChI is InChI=1S/C19H19ClN2O2/c1-13-5-4-6-14(9-13)11-22-12-15(10-17(21-20)19(23)24)16-7-2-3-8-18(16)22/h2-9,12,17,21H,10-11H2,1H3,(H,23,24). The molecule has 1 unspecified atom stereocenters. The highest BCUT2D eigenvalue weighted by Crippen LogP contribution is 2.24. The van der Waals surface area contributed by atoms with Gasteiger partial charge in [0.25, 0.3) is 0 Å². The van der Waals surface area contributed by atoms with Crippen molar-refractivity contribution in [3.8, 4) is 0 Å². The first-order valence-electron chi connectivity index (χ1n) is 7.79. The average Bonchev–Trinajstić information content (AvgIpc) is 2.90. The molecule has 124 valence electrons. The Hall–Kier alpha value is -2.30. The van der Waals surface area contributed by atoms with Crippen LogP contribution in [0.3, 0.4) is 0 Å². The van der Waals surface area contributed by atoms with Gasteiger partial charge in [-0.1, -0.05) is 48.0 Å². The summed E-state index contributed by atoms with van der Waals surface area (Å²) in [5.74, 6) is -0.958. The topological polar surface area (TPSA) is 54.3 Å². The van der Waals surface area contributed by atoms with Crippen molar-refractivity contribution in [2.75, 3.05) is 0 Å². The molecule has 0 amide bonds. The van der Waals surface area contributed by atoms with Crippen LogP contribution >= 0.6 is 11.8 Å². The molecule has 2 N–H and O–H groups in total. The van der Waals surface area contributed by atoms with Crippen molar-refractivity contribution in [2.45, 2.75) is 25.9 Å². The Morgan fingerprint density at radius 3 is 2.75 bits per heavy atom. The van der Waals surface area contributed by atoms with E-state index in [-0.39, 0.29) is 0 Å². The molecule has 1 heterocycles. The zero-order chi connectivity index (χ0) is 17.1. The number of aryl methyl sites for hydroxylation is 1. The second-order valence-corrected chi connectivity index (χ2v) is 6.21. The number of rotatable bonds is 6.